The third-order valence-corrected chi connectivity index (χ3v) is 1.71. The Kier molecular flexibility index (Phi) is 3.93. The smallest absolute Gasteiger partial charge is 0.406 e. The van der Waals surface area contributed by atoms with E-state index in [9.17, 15) is 13.2 Å². The molecule has 3 N–H and O–H groups in total. The van der Waals surface area contributed by atoms with Gasteiger partial charge in [-0.3, -0.25) is 11.3 Å². The number of hydrogen-bond donors (Lipinski definition) is 2. The molecule has 0 spiro atoms. The van der Waals surface area contributed by atoms with E-state index in [2.05, 4.69) is 10.2 Å². The van der Waals surface area contributed by atoms with Gasteiger partial charge in [-0.25, -0.2) is 0 Å². The van der Waals surface area contributed by atoms with Crippen LogP contribution in [0.5, 0.6) is 5.75 Å². The molecule has 0 aliphatic rings. The van der Waals surface area contributed by atoms with E-state index >= 15 is 0 Å². The molecule has 0 aliphatic heterocycles. The fraction of sp³-hybridized carbons (Fsp3) is 0.333. The van der Waals surface area contributed by atoms with Gasteiger partial charge in [0.15, 0.2) is 0 Å². The number of nitrogens with two attached hydrogens (primary N) is 1. The zero-order valence-corrected chi connectivity index (χ0v) is 7.84. The van der Waals surface area contributed by atoms with Crippen LogP contribution >= 0.6 is 0 Å². The molecule has 0 aromatic heterocycles. The predicted octanol–water partition coefficient (Wildman–Crippen LogP) is 1.59. The topological polar surface area (TPSA) is 47.3 Å². The van der Waals surface area contributed by atoms with Crippen LogP contribution in [0, 0.1) is 0 Å². The second kappa shape index (κ2) is 4.99. The summed E-state index contributed by atoms with van der Waals surface area (Å²) < 4.78 is 39.1. The molecule has 1 rings (SSSR count). The van der Waals surface area contributed by atoms with Crippen molar-refractivity contribution in [2.24, 2.45) is 5.84 Å². The lowest BCUT2D eigenvalue weighted by Gasteiger charge is -2.09. The fourth-order valence-electron chi connectivity index (χ4n) is 1.07. The number of nitrogens with one attached hydrogen (secondary N) is 1. The number of rotatable bonds is 4. The minimum Gasteiger partial charge on any atom is -0.406 e. The van der Waals surface area contributed by atoms with Gasteiger partial charge < -0.3 is 4.74 Å². The second-order valence-electron chi connectivity index (χ2n) is 2.90. The van der Waals surface area contributed by atoms with E-state index in [1.807, 2.05) is 0 Å². The Balaban J connectivity index is 2.56. The Morgan fingerprint density at radius 2 is 1.80 bits per heavy atom. The Labute approximate surface area is 85.0 Å². The van der Waals surface area contributed by atoms with Crippen molar-refractivity contribution in [1.82, 2.24) is 5.43 Å². The highest BCUT2D eigenvalue weighted by atomic mass is 19.4. The molecule has 3 nitrogen and oxygen atoms in total. The Morgan fingerprint density at radius 1 is 1.20 bits per heavy atom. The van der Waals surface area contributed by atoms with Gasteiger partial charge in [0.2, 0.25) is 0 Å². The molecule has 84 valence electrons. The summed E-state index contributed by atoms with van der Waals surface area (Å²) in [6.45, 7) is 0.569. The summed E-state index contributed by atoms with van der Waals surface area (Å²) in [4.78, 5) is 0. The van der Waals surface area contributed by atoms with Gasteiger partial charge in [0.05, 0.1) is 0 Å². The molecule has 0 amide bonds. The van der Waals surface area contributed by atoms with E-state index in [1.54, 1.807) is 12.1 Å². The number of hydrogen-bond acceptors (Lipinski definition) is 3. The predicted molar refractivity (Wildman–Crippen MR) is 49.0 cm³/mol. The van der Waals surface area contributed by atoms with Gasteiger partial charge in [0.1, 0.15) is 5.75 Å². The van der Waals surface area contributed by atoms with Crippen LogP contribution in [-0.4, -0.2) is 12.9 Å². The van der Waals surface area contributed by atoms with Gasteiger partial charge in [-0.1, -0.05) is 12.1 Å². The molecule has 0 saturated heterocycles. The lowest BCUT2D eigenvalue weighted by Crippen LogP contribution is -2.24. The Hall–Kier alpha value is -1.27. The number of ether oxygens (including phenoxy) is 1. The van der Waals surface area contributed by atoms with Crippen molar-refractivity contribution in [2.75, 3.05) is 6.54 Å². The van der Waals surface area contributed by atoms with Crippen LogP contribution < -0.4 is 16.0 Å². The van der Waals surface area contributed by atoms with Crippen molar-refractivity contribution in [3.8, 4) is 5.75 Å². The van der Waals surface area contributed by atoms with Crippen molar-refractivity contribution in [1.29, 1.82) is 0 Å². The molecule has 0 radical (unpaired) electrons. The van der Waals surface area contributed by atoms with Crippen LogP contribution in [0.15, 0.2) is 24.3 Å². The summed E-state index contributed by atoms with van der Waals surface area (Å²) in [5.41, 5.74) is 3.35. The number of alkyl halides is 3. The molecule has 0 fully saturated rings. The minimum atomic E-state index is -4.64. The molecule has 0 unspecified atom stereocenters. The summed E-state index contributed by atoms with van der Waals surface area (Å²) >= 11 is 0. The highest BCUT2D eigenvalue weighted by Gasteiger charge is 2.30. The zero-order valence-electron chi connectivity index (χ0n) is 7.84. The molecule has 0 heterocycles. The maximum absolute atomic E-state index is 11.8. The second-order valence-corrected chi connectivity index (χ2v) is 2.90. The SMILES string of the molecule is NNCCc1ccc(OC(F)(F)F)cc1. The molecule has 0 bridgehead atoms. The first kappa shape index (κ1) is 11.8. The lowest BCUT2D eigenvalue weighted by molar-refractivity contribution is -0.274. The van der Waals surface area contributed by atoms with Crippen LogP contribution in [0.4, 0.5) is 13.2 Å². The molecule has 0 atom stereocenters. The van der Waals surface area contributed by atoms with Crippen molar-refractivity contribution in [3.05, 3.63) is 29.8 Å². The van der Waals surface area contributed by atoms with E-state index in [4.69, 9.17) is 5.84 Å². The van der Waals surface area contributed by atoms with Crippen LogP contribution in [0.3, 0.4) is 0 Å². The molecule has 1 aromatic carbocycles. The largest absolute Gasteiger partial charge is 0.573 e. The van der Waals surface area contributed by atoms with Gasteiger partial charge in [0.25, 0.3) is 0 Å². The van der Waals surface area contributed by atoms with Gasteiger partial charge >= 0.3 is 6.36 Å². The molecule has 0 aliphatic carbocycles. The van der Waals surface area contributed by atoms with Gasteiger partial charge in [-0.15, -0.1) is 13.2 Å². The van der Waals surface area contributed by atoms with E-state index < -0.39 is 6.36 Å². The highest BCUT2D eigenvalue weighted by Crippen LogP contribution is 2.22. The molecule has 6 heteroatoms. The van der Waals surface area contributed by atoms with E-state index in [-0.39, 0.29) is 5.75 Å². The van der Waals surface area contributed by atoms with Crippen LogP contribution in [-0.2, 0) is 6.42 Å². The average molecular weight is 220 g/mol. The molecular formula is C9H11F3N2O. The third kappa shape index (κ3) is 4.66. The first-order chi connectivity index (χ1) is 7.01. The Bertz CT molecular complexity index is 297. The Morgan fingerprint density at radius 3 is 2.27 bits per heavy atom. The molecule has 1 aromatic rings. The standard InChI is InChI=1S/C9H11F3N2O/c10-9(11,12)15-8-3-1-7(2-4-8)5-6-14-13/h1-4,14H,5-6,13H2. The quantitative estimate of drug-likeness (QED) is 0.598. The summed E-state index contributed by atoms with van der Waals surface area (Å²) in [6.07, 6.45) is -3.98. The van der Waals surface area contributed by atoms with Crippen molar-refractivity contribution < 1.29 is 17.9 Å². The fourth-order valence-corrected chi connectivity index (χ4v) is 1.07. The molecular weight excluding hydrogens is 209 g/mol. The van der Waals surface area contributed by atoms with E-state index in [0.29, 0.717) is 13.0 Å². The van der Waals surface area contributed by atoms with E-state index in [1.165, 1.54) is 12.1 Å². The summed E-state index contributed by atoms with van der Waals surface area (Å²) in [6, 6.07) is 5.69. The third-order valence-electron chi connectivity index (χ3n) is 1.71. The lowest BCUT2D eigenvalue weighted by atomic mass is 10.1. The molecule has 15 heavy (non-hydrogen) atoms. The molecule has 0 saturated carbocycles. The van der Waals surface area contributed by atoms with Gasteiger partial charge in [-0.2, -0.15) is 0 Å². The summed E-state index contributed by atoms with van der Waals surface area (Å²) in [7, 11) is 0. The number of halogens is 3. The maximum atomic E-state index is 11.8. The van der Waals surface area contributed by atoms with E-state index in [0.717, 1.165) is 5.56 Å². The van der Waals surface area contributed by atoms with Crippen molar-refractivity contribution >= 4 is 0 Å². The minimum absolute atomic E-state index is 0.216. The van der Waals surface area contributed by atoms with Gasteiger partial charge in [0, 0.05) is 6.54 Å². The first-order valence-corrected chi connectivity index (χ1v) is 4.29. The average Bonchev–Trinajstić information content (AvgIpc) is 2.14. The van der Waals surface area contributed by atoms with Gasteiger partial charge in [-0.05, 0) is 24.1 Å². The number of hydrazine groups is 1. The number of benzene rings is 1. The monoisotopic (exact) mass is 220 g/mol. The van der Waals surface area contributed by atoms with Crippen LogP contribution in [0.1, 0.15) is 5.56 Å². The highest BCUT2D eigenvalue weighted by molar-refractivity contribution is 5.27. The summed E-state index contributed by atoms with van der Waals surface area (Å²) in [5, 5.41) is 0. The van der Waals surface area contributed by atoms with Crippen LogP contribution in [0.25, 0.3) is 0 Å². The normalized spacial score (nSPS) is 11.5. The maximum Gasteiger partial charge on any atom is 0.573 e. The zero-order chi connectivity index (χ0) is 11.3. The summed E-state index contributed by atoms with van der Waals surface area (Å²) in [5.74, 6) is 4.85. The van der Waals surface area contributed by atoms with Crippen molar-refractivity contribution in [3.63, 3.8) is 0 Å². The van der Waals surface area contributed by atoms with Crippen LogP contribution in [0.2, 0.25) is 0 Å². The van der Waals surface area contributed by atoms with Crippen molar-refractivity contribution in [2.45, 2.75) is 12.8 Å². The first-order valence-electron chi connectivity index (χ1n) is 4.29.